The van der Waals surface area contributed by atoms with E-state index in [1.54, 1.807) is 0 Å². The molecule has 2 fully saturated rings. The number of piperazine rings is 1. The summed E-state index contributed by atoms with van der Waals surface area (Å²) in [5, 5.41) is 12.6. The standard InChI is InChI=1S/C29H37F4N7O/c1-16-11-21-23(13-20(16)24-25(29(31,32)33)17(2)12-22(35)26(24)30)37-28(41-15-19-5-4-9-39(19)3)38-27(21)40-10-8-36-18(14-40)6-7-34/h12,16,18-20,36H,4-6,8-11,13-15,35H2,1-3H3/t16?,18?,19-,20?/m0/s1. The number of alkyl halides is 3. The molecule has 1 aromatic carbocycles. The van der Waals surface area contributed by atoms with E-state index < -0.39 is 23.5 Å². The third-order valence-electron chi connectivity index (χ3n) is 8.83. The second kappa shape index (κ2) is 11.6. The molecule has 0 saturated carbocycles. The number of likely N-dealkylation sites (N-methyl/N-ethyl adjacent to an activating group) is 1. The number of aromatic nitrogens is 2. The number of fused-ring (bicyclic) bond motifs is 1. The van der Waals surface area contributed by atoms with Crippen molar-refractivity contribution in [2.45, 2.75) is 70.1 Å². The zero-order chi connectivity index (χ0) is 29.5. The van der Waals surface area contributed by atoms with Crippen molar-refractivity contribution in [1.29, 1.82) is 5.26 Å². The van der Waals surface area contributed by atoms with Gasteiger partial charge in [0.15, 0.2) is 0 Å². The van der Waals surface area contributed by atoms with Gasteiger partial charge >= 0.3 is 12.2 Å². The van der Waals surface area contributed by atoms with Crippen molar-refractivity contribution < 1.29 is 22.3 Å². The number of nitrogens with two attached hydrogens (primary N) is 1. The van der Waals surface area contributed by atoms with Crippen LogP contribution < -0.4 is 20.7 Å². The lowest BCUT2D eigenvalue weighted by Gasteiger charge is -2.38. The minimum Gasteiger partial charge on any atom is -0.462 e. The van der Waals surface area contributed by atoms with Crippen LogP contribution in [0.25, 0.3) is 0 Å². The zero-order valence-corrected chi connectivity index (χ0v) is 23.7. The summed E-state index contributed by atoms with van der Waals surface area (Å²) < 4.78 is 64.4. The summed E-state index contributed by atoms with van der Waals surface area (Å²) in [5.74, 6) is -1.45. The van der Waals surface area contributed by atoms with Crippen molar-refractivity contribution in [3.05, 3.63) is 39.8 Å². The lowest BCUT2D eigenvalue weighted by atomic mass is 9.73. The van der Waals surface area contributed by atoms with Gasteiger partial charge in [-0.05, 0) is 69.7 Å². The Bertz CT molecular complexity index is 1330. The second-order valence-electron chi connectivity index (χ2n) is 11.7. The van der Waals surface area contributed by atoms with E-state index in [4.69, 9.17) is 20.4 Å². The number of nitriles is 1. The summed E-state index contributed by atoms with van der Waals surface area (Å²) in [5.41, 5.74) is 5.52. The highest BCUT2D eigenvalue weighted by atomic mass is 19.4. The Labute approximate surface area is 237 Å². The Morgan fingerprint density at radius 3 is 2.71 bits per heavy atom. The summed E-state index contributed by atoms with van der Waals surface area (Å²) in [7, 11) is 2.04. The molecule has 1 aromatic heterocycles. The van der Waals surface area contributed by atoms with Crippen molar-refractivity contribution in [2.75, 3.05) is 50.5 Å². The highest BCUT2D eigenvalue weighted by molar-refractivity contribution is 5.56. The molecule has 12 heteroatoms. The van der Waals surface area contributed by atoms with Gasteiger partial charge in [0.1, 0.15) is 18.2 Å². The molecular weight excluding hydrogens is 538 g/mol. The zero-order valence-electron chi connectivity index (χ0n) is 23.7. The molecule has 0 spiro atoms. The monoisotopic (exact) mass is 575 g/mol. The molecule has 2 aliphatic heterocycles. The Balaban J connectivity index is 1.55. The van der Waals surface area contributed by atoms with E-state index in [0.29, 0.717) is 50.6 Å². The molecule has 3 aliphatic rings. The van der Waals surface area contributed by atoms with Crippen molar-refractivity contribution in [1.82, 2.24) is 20.2 Å². The number of aryl methyl sites for hydroxylation is 1. The van der Waals surface area contributed by atoms with Crippen molar-refractivity contribution in [2.24, 2.45) is 5.92 Å². The van der Waals surface area contributed by atoms with Crippen LogP contribution in [0.5, 0.6) is 6.01 Å². The number of benzene rings is 1. The van der Waals surface area contributed by atoms with Crippen molar-refractivity contribution in [3.63, 3.8) is 0 Å². The number of ether oxygens (including phenoxy) is 1. The van der Waals surface area contributed by atoms with E-state index in [-0.39, 0.29) is 47.2 Å². The first-order chi connectivity index (χ1) is 19.5. The van der Waals surface area contributed by atoms with Gasteiger partial charge in [-0.3, -0.25) is 0 Å². The topological polar surface area (TPSA) is 103 Å². The molecule has 2 saturated heterocycles. The maximum absolute atomic E-state index is 15.5. The molecule has 4 atom stereocenters. The lowest BCUT2D eigenvalue weighted by molar-refractivity contribution is -0.139. The minimum atomic E-state index is -4.73. The smallest absolute Gasteiger partial charge is 0.417 e. The summed E-state index contributed by atoms with van der Waals surface area (Å²) in [6.07, 6.45) is -1.85. The largest absolute Gasteiger partial charge is 0.462 e. The molecule has 0 radical (unpaired) electrons. The van der Waals surface area contributed by atoms with Gasteiger partial charge in [0.05, 0.1) is 29.4 Å². The van der Waals surface area contributed by atoms with E-state index in [2.05, 4.69) is 21.2 Å². The first-order valence-corrected chi connectivity index (χ1v) is 14.2. The number of nitrogen functional groups attached to an aromatic ring is 1. The predicted molar refractivity (Wildman–Crippen MR) is 147 cm³/mol. The fourth-order valence-corrected chi connectivity index (χ4v) is 6.66. The number of nitrogens with zero attached hydrogens (tertiary/aromatic N) is 5. The Kier molecular flexibility index (Phi) is 8.30. The lowest BCUT2D eigenvalue weighted by Crippen LogP contribution is -2.51. The van der Waals surface area contributed by atoms with E-state index in [1.807, 2.05) is 14.0 Å². The van der Waals surface area contributed by atoms with Crippen LogP contribution in [0, 0.1) is 30.0 Å². The van der Waals surface area contributed by atoms with Gasteiger partial charge in [-0.2, -0.15) is 28.4 Å². The van der Waals surface area contributed by atoms with Crippen LogP contribution in [0.2, 0.25) is 0 Å². The van der Waals surface area contributed by atoms with E-state index in [1.165, 1.54) is 6.92 Å². The van der Waals surface area contributed by atoms with E-state index in [0.717, 1.165) is 31.0 Å². The molecule has 41 heavy (non-hydrogen) atoms. The molecule has 222 valence electrons. The van der Waals surface area contributed by atoms with Gasteiger partial charge in [-0.25, -0.2) is 4.39 Å². The molecule has 2 aromatic rings. The minimum absolute atomic E-state index is 0.0386. The summed E-state index contributed by atoms with van der Waals surface area (Å²) >= 11 is 0. The SMILES string of the molecule is Cc1cc(N)c(F)c(C2Cc3nc(OC[C@@H]4CCCN4C)nc(N4CCNC(CC#N)C4)c3CC2C)c1C(F)(F)F. The van der Waals surface area contributed by atoms with Gasteiger partial charge in [-0.15, -0.1) is 0 Å². The fourth-order valence-electron chi connectivity index (χ4n) is 6.66. The summed E-state index contributed by atoms with van der Waals surface area (Å²) in [6, 6.07) is 3.62. The fraction of sp³-hybridized carbons (Fsp3) is 0.621. The number of halogens is 4. The summed E-state index contributed by atoms with van der Waals surface area (Å²) in [4.78, 5) is 13.8. The van der Waals surface area contributed by atoms with Gasteiger partial charge < -0.3 is 25.6 Å². The van der Waals surface area contributed by atoms with Crippen LogP contribution in [0.3, 0.4) is 0 Å². The second-order valence-corrected chi connectivity index (χ2v) is 11.7. The number of nitrogens with one attached hydrogen (secondary N) is 1. The number of likely N-dealkylation sites (tertiary alicyclic amines) is 1. The molecule has 3 heterocycles. The Hall–Kier alpha value is -3.17. The number of hydrogen-bond donors (Lipinski definition) is 2. The molecule has 0 amide bonds. The van der Waals surface area contributed by atoms with Gasteiger partial charge in [0.2, 0.25) is 0 Å². The highest BCUT2D eigenvalue weighted by Crippen LogP contribution is 2.47. The predicted octanol–water partition coefficient (Wildman–Crippen LogP) is 4.21. The van der Waals surface area contributed by atoms with Crippen LogP contribution in [-0.2, 0) is 19.0 Å². The van der Waals surface area contributed by atoms with Crippen molar-refractivity contribution in [3.8, 4) is 12.1 Å². The van der Waals surface area contributed by atoms with Gasteiger partial charge in [-0.1, -0.05) is 6.92 Å². The first kappa shape index (κ1) is 29.3. The quantitative estimate of drug-likeness (QED) is 0.390. The number of hydrogen-bond acceptors (Lipinski definition) is 8. The highest BCUT2D eigenvalue weighted by Gasteiger charge is 2.43. The van der Waals surface area contributed by atoms with E-state index >= 15 is 4.39 Å². The Morgan fingerprint density at radius 2 is 2.02 bits per heavy atom. The molecule has 3 N–H and O–H groups in total. The summed E-state index contributed by atoms with van der Waals surface area (Å²) in [6.45, 7) is 6.40. The normalized spacial score (nSPS) is 25.2. The van der Waals surface area contributed by atoms with Crippen molar-refractivity contribution >= 4 is 11.5 Å². The maximum Gasteiger partial charge on any atom is 0.417 e. The van der Waals surface area contributed by atoms with Crippen LogP contribution in [-0.4, -0.2) is 66.8 Å². The van der Waals surface area contributed by atoms with Crippen LogP contribution in [0.15, 0.2) is 6.07 Å². The maximum atomic E-state index is 15.5. The average molecular weight is 576 g/mol. The van der Waals surface area contributed by atoms with Crippen LogP contribution in [0.4, 0.5) is 29.1 Å². The van der Waals surface area contributed by atoms with Crippen LogP contribution >= 0.6 is 0 Å². The van der Waals surface area contributed by atoms with Gasteiger partial charge in [0, 0.05) is 42.8 Å². The molecule has 1 aliphatic carbocycles. The van der Waals surface area contributed by atoms with Crippen LogP contribution in [0.1, 0.15) is 60.1 Å². The molecular formula is C29H37F4N7O. The number of anilines is 2. The first-order valence-electron chi connectivity index (χ1n) is 14.2. The number of rotatable bonds is 6. The van der Waals surface area contributed by atoms with E-state index in [9.17, 15) is 18.4 Å². The third-order valence-corrected chi connectivity index (χ3v) is 8.83. The Morgan fingerprint density at radius 1 is 1.24 bits per heavy atom. The third kappa shape index (κ3) is 5.93. The molecule has 3 unspecified atom stereocenters. The molecule has 5 rings (SSSR count). The average Bonchev–Trinajstić information content (AvgIpc) is 3.33. The van der Waals surface area contributed by atoms with Gasteiger partial charge in [0.25, 0.3) is 0 Å². The molecule has 8 nitrogen and oxygen atoms in total. The molecule has 0 bridgehead atoms.